The van der Waals surface area contributed by atoms with Crippen LogP contribution in [0.4, 0.5) is 0 Å². The fourth-order valence-electron chi connectivity index (χ4n) is 0.331. The van der Waals surface area contributed by atoms with Crippen LogP contribution in [0.2, 0.25) is 0 Å². The van der Waals surface area contributed by atoms with Gasteiger partial charge in [0, 0.05) is 5.41 Å². The molecule has 0 rings (SSSR count). The van der Waals surface area contributed by atoms with Crippen LogP contribution in [0.25, 0.3) is 0 Å². The summed E-state index contributed by atoms with van der Waals surface area (Å²) in [5, 5.41) is 2.56. The van der Waals surface area contributed by atoms with Crippen molar-refractivity contribution in [1.29, 1.82) is 0 Å². The highest BCUT2D eigenvalue weighted by atomic mass is 32.1. The first kappa shape index (κ1) is 10.4. The summed E-state index contributed by atoms with van der Waals surface area (Å²) in [7, 11) is 1.42. The molecule has 0 saturated heterocycles. The van der Waals surface area contributed by atoms with E-state index < -0.39 is 5.41 Å². The molecule has 0 spiro atoms. The molecule has 0 radical (unpaired) electrons. The highest BCUT2D eigenvalue weighted by Gasteiger charge is 2.21. The lowest BCUT2D eigenvalue weighted by molar-refractivity contribution is -0.127. The molecule has 0 saturated carbocycles. The van der Waals surface area contributed by atoms with Gasteiger partial charge in [-0.3, -0.25) is 10.1 Å². The Morgan fingerprint density at radius 3 is 2.18 bits per heavy atom. The van der Waals surface area contributed by atoms with Crippen LogP contribution in [-0.4, -0.2) is 18.2 Å². The summed E-state index contributed by atoms with van der Waals surface area (Å²) in [6.45, 7) is 5.42. The summed E-state index contributed by atoms with van der Waals surface area (Å²) in [4.78, 5) is 11.2. The Balaban J connectivity index is 3.99. The molecular formula is C7H13NO2S. The summed E-state index contributed by atoms with van der Waals surface area (Å²) in [6.07, 6.45) is 0. The number of rotatable bonds is 0. The molecule has 0 aliphatic heterocycles. The molecule has 11 heavy (non-hydrogen) atoms. The standard InChI is InChI=1S/C7H13NO2S/c1-7(2,3)5(9)8-6(11)10-4/h1-4H3,(H,8,9,11). The van der Waals surface area contributed by atoms with Gasteiger partial charge in [0.05, 0.1) is 7.11 Å². The highest BCUT2D eigenvalue weighted by molar-refractivity contribution is 7.80. The Labute approximate surface area is 72.1 Å². The van der Waals surface area contributed by atoms with Crippen molar-refractivity contribution in [3.05, 3.63) is 0 Å². The number of thiocarbonyl (C=S) groups is 1. The molecule has 4 heteroatoms. The monoisotopic (exact) mass is 175 g/mol. The van der Waals surface area contributed by atoms with E-state index in [-0.39, 0.29) is 11.1 Å². The molecule has 0 aromatic carbocycles. The predicted molar refractivity (Wildman–Crippen MR) is 47.2 cm³/mol. The second-order valence-electron chi connectivity index (χ2n) is 3.20. The number of hydrogen-bond acceptors (Lipinski definition) is 3. The van der Waals surface area contributed by atoms with Crippen LogP contribution in [0.15, 0.2) is 0 Å². The molecule has 0 aliphatic carbocycles. The Hall–Kier alpha value is -0.640. The van der Waals surface area contributed by atoms with Gasteiger partial charge in [0.25, 0.3) is 5.17 Å². The van der Waals surface area contributed by atoms with Crippen LogP contribution < -0.4 is 5.32 Å². The number of hydrogen-bond donors (Lipinski definition) is 1. The third-order valence-electron chi connectivity index (χ3n) is 1.08. The average Bonchev–Trinajstić information content (AvgIpc) is 1.85. The second-order valence-corrected chi connectivity index (χ2v) is 3.57. The van der Waals surface area contributed by atoms with Gasteiger partial charge in [-0.05, 0) is 12.2 Å². The summed E-state index contributed by atoms with van der Waals surface area (Å²) >= 11 is 4.65. The van der Waals surface area contributed by atoms with Crippen LogP contribution in [0.3, 0.4) is 0 Å². The van der Waals surface area contributed by atoms with Crippen LogP contribution in [0.5, 0.6) is 0 Å². The number of nitrogens with one attached hydrogen (secondary N) is 1. The summed E-state index contributed by atoms with van der Waals surface area (Å²) < 4.78 is 4.62. The van der Waals surface area contributed by atoms with E-state index in [1.807, 2.05) is 0 Å². The molecule has 0 aromatic rings. The quantitative estimate of drug-likeness (QED) is 0.560. The first-order chi connectivity index (χ1) is 4.88. The molecule has 64 valence electrons. The lowest BCUT2D eigenvalue weighted by atomic mass is 9.96. The van der Waals surface area contributed by atoms with Crippen molar-refractivity contribution in [2.24, 2.45) is 5.41 Å². The van der Waals surface area contributed by atoms with Crippen LogP contribution in [0.1, 0.15) is 20.8 Å². The molecular weight excluding hydrogens is 162 g/mol. The van der Waals surface area contributed by atoms with Crippen molar-refractivity contribution in [2.75, 3.05) is 7.11 Å². The first-order valence-corrected chi connectivity index (χ1v) is 3.68. The van der Waals surface area contributed by atoms with Gasteiger partial charge in [-0.2, -0.15) is 0 Å². The molecule has 0 fully saturated rings. The lowest BCUT2D eigenvalue weighted by Gasteiger charge is -2.16. The van der Waals surface area contributed by atoms with Crippen molar-refractivity contribution < 1.29 is 9.53 Å². The molecule has 0 heterocycles. The summed E-state index contributed by atoms with van der Waals surface area (Å²) in [6, 6.07) is 0. The third kappa shape index (κ3) is 3.93. The number of ether oxygens (including phenoxy) is 1. The topological polar surface area (TPSA) is 38.3 Å². The molecule has 0 unspecified atom stereocenters. The predicted octanol–water partition coefficient (Wildman–Crippen LogP) is 1.08. The van der Waals surface area contributed by atoms with Crippen molar-refractivity contribution in [2.45, 2.75) is 20.8 Å². The van der Waals surface area contributed by atoms with E-state index in [1.54, 1.807) is 20.8 Å². The minimum Gasteiger partial charge on any atom is -0.474 e. The van der Waals surface area contributed by atoms with Gasteiger partial charge in [-0.25, -0.2) is 0 Å². The Bertz CT molecular complexity index is 172. The minimum atomic E-state index is -0.428. The van der Waals surface area contributed by atoms with Crippen molar-refractivity contribution in [3.8, 4) is 0 Å². The zero-order chi connectivity index (χ0) is 9.07. The van der Waals surface area contributed by atoms with E-state index in [2.05, 4.69) is 22.3 Å². The maximum atomic E-state index is 11.2. The van der Waals surface area contributed by atoms with Gasteiger partial charge in [0.15, 0.2) is 0 Å². The summed E-state index contributed by atoms with van der Waals surface area (Å²) in [5.41, 5.74) is -0.428. The normalized spacial score (nSPS) is 10.5. The van der Waals surface area contributed by atoms with E-state index in [0.717, 1.165) is 0 Å². The van der Waals surface area contributed by atoms with E-state index >= 15 is 0 Å². The smallest absolute Gasteiger partial charge is 0.263 e. The molecule has 1 N–H and O–H groups in total. The first-order valence-electron chi connectivity index (χ1n) is 3.27. The van der Waals surface area contributed by atoms with Crippen molar-refractivity contribution >= 4 is 23.3 Å². The van der Waals surface area contributed by atoms with Gasteiger partial charge in [0.1, 0.15) is 0 Å². The SMILES string of the molecule is COC(=S)NC(=O)C(C)(C)C. The van der Waals surface area contributed by atoms with E-state index in [1.165, 1.54) is 7.11 Å². The zero-order valence-corrected chi connectivity index (χ0v) is 8.04. The zero-order valence-electron chi connectivity index (χ0n) is 7.22. The molecule has 0 aromatic heterocycles. The molecule has 0 aliphatic rings. The van der Waals surface area contributed by atoms with Crippen LogP contribution in [-0.2, 0) is 9.53 Å². The Kier molecular flexibility index (Phi) is 3.45. The van der Waals surface area contributed by atoms with Crippen molar-refractivity contribution in [3.63, 3.8) is 0 Å². The van der Waals surface area contributed by atoms with Crippen LogP contribution >= 0.6 is 12.2 Å². The van der Waals surface area contributed by atoms with Crippen LogP contribution in [0, 0.1) is 5.41 Å². The molecule has 3 nitrogen and oxygen atoms in total. The number of methoxy groups -OCH3 is 1. The molecule has 1 amide bonds. The van der Waals surface area contributed by atoms with Gasteiger partial charge in [-0.15, -0.1) is 0 Å². The number of amides is 1. The summed E-state index contributed by atoms with van der Waals surface area (Å²) in [5.74, 6) is -0.135. The fraction of sp³-hybridized carbons (Fsp3) is 0.714. The van der Waals surface area contributed by atoms with Gasteiger partial charge >= 0.3 is 0 Å². The minimum absolute atomic E-state index is 0.116. The van der Waals surface area contributed by atoms with E-state index in [9.17, 15) is 4.79 Å². The number of carbonyl (C=O) groups is 1. The Morgan fingerprint density at radius 1 is 1.45 bits per heavy atom. The van der Waals surface area contributed by atoms with Crippen molar-refractivity contribution in [1.82, 2.24) is 5.32 Å². The van der Waals surface area contributed by atoms with Gasteiger partial charge in [0.2, 0.25) is 5.91 Å². The maximum absolute atomic E-state index is 11.2. The molecule has 0 atom stereocenters. The fourth-order valence-corrected chi connectivity index (χ4v) is 0.424. The van der Waals surface area contributed by atoms with E-state index in [0.29, 0.717) is 0 Å². The van der Waals surface area contributed by atoms with Gasteiger partial charge < -0.3 is 4.74 Å². The third-order valence-corrected chi connectivity index (χ3v) is 1.35. The highest BCUT2D eigenvalue weighted by Crippen LogP contribution is 2.12. The number of carbonyl (C=O) groups excluding carboxylic acids is 1. The second kappa shape index (κ2) is 3.67. The van der Waals surface area contributed by atoms with Gasteiger partial charge in [-0.1, -0.05) is 20.8 Å². The lowest BCUT2D eigenvalue weighted by Crippen LogP contribution is -2.38. The Morgan fingerprint density at radius 2 is 1.91 bits per heavy atom. The average molecular weight is 175 g/mol. The largest absolute Gasteiger partial charge is 0.474 e. The molecule has 0 bridgehead atoms. The van der Waals surface area contributed by atoms with E-state index in [4.69, 9.17) is 0 Å². The maximum Gasteiger partial charge on any atom is 0.263 e.